The maximum atomic E-state index is 13.0. The van der Waals surface area contributed by atoms with Gasteiger partial charge in [0.25, 0.3) is 5.91 Å². The number of amides is 2. The van der Waals surface area contributed by atoms with E-state index in [9.17, 15) is 22.8 Å². The molecule has 1 N–H and O–H groups in total. The van der Waals surface area contributed by atoms with E-state index >= 15 is 0 Å². The molecule has 1 aromatic heterocycles. The summed E-state index contributed by atoms with van der Waals surface area (Å²) in [6.45, 7) is 5.53. The van der Waals surface area contributed by atoms with Crippen LogP contribution < -0.4 is 5.32 Å². The molecule has 1 aliphatic carbocycles. The van der Waals surface area contributed by atoms with E-state index in [1.807, 2.05) is 13.8 Å². The Hall–Kier alpha value is -2.84. The second kappa shape index (κ2) is 9.75. The number of alkyl halides is 3. The summed E-state index contributed by atoms with van der Waals surface area (Å²) in [5, 5.41) is 6.92. The summed E-state index contributed by atoms with van der Waals surface area (Å²) < 4.78 is 44.3. The van der Waals surface area contributed by atoms with Gasteiger partial charge in [-0.2, -0.15) is 13.2 Å². The summed E-state index contributed by atoms with van der Waals surface area (Å²) in [5.41, 5.74) is 0.0108. The zero-order valence-corrected chi connectivity index (χ0v) is 18.5. The van der Waals surface area contributed by atoms with Crippen molar-refractivity contribution in [2.45, 2.75) is 77.7 Å². The van der Waals surface area contributed by atoms with Crippen LogP contribution in [-0.2, 0) is 17.5 Å². The lowest BCUT2D eigenvalue weighted by molar-refractivity contribution is -0.137. The maximum Gasteiger partial charge on any atom is 0.416 e. The van der Waals surface area contributed by atoms with Gasteiger partial charge < -0.3 is 14.7 Å². The highest BCUT2D eigenvalue weighted by atomic mass is 19.4. The molecule has 2 amide bonds. The van der Waals surface area contributed by atoms with Gasteiger partial charge in [0.2, 0.25) is 5.91 Å². The first-order valence-corrected chi connectivity index (χ1v) is 10.9. The smallest absolute Gasteiger partial charge is 0.355 e. The van der Waals surface area contributed by atoms with Crippen molar-refractivity contribution in [1.29, 1.82) is 0 Å². The van der Waals surface area contributed by atoms with Crippen molar-refractivity contribution in [2.75, 3.05) is 0 Å². The summed E-state index contributed by atoms with van der Waals surface area (Å²) >= 11 is 0. The minimum atomic E-state index is -4.46. The summed E-state index contributed by atoms with van der Waals surface area (Å²) in [7, 11) is 0. The van der Waals surface area contributed by atoms with Crippen molar-refractivity contribution in [2.24, 2.45) is 0 Å². The molecule has 0 saturated heterocycles. The molecule has 0 aliphatic heterocycles. The molecule has 3 rings (SSSR count). The second-order valence-corrected chi connectivity index (χ2v) is 8.34. The van der Waals surface area contributed by atoms with Gasteiger partial charge in [-0.05, 0) is 38.8 Å². The lowest BCUT2D eigenvalue weighted by atomic mass is 10.0. The average molecular weight is 451 g/mol. The molecule has 0 atom stereocenters. The molecule has 0 unspecified atom stereocenters. The van der Waals surface area contributed by atoms with Crippen LogP contribution >= 0.6 is 0 Å². The molecular weight excluding hydrogens is 423 g/mol. The van der Waals surface area contributed by atoms with Gasteiger partial charge in [0.15, 0.2) is 11.5 Å². The molecule has 1 saturated carbocycles. The first-order valence-electron chi connectivity index (χ1n) is 10.9. The Morgan fingerprint density at radius 3 is 2.34 bits per heavy atom. The standard InChI is InChI=1S/C23H28F3N3O3/c1-4-19(30)29(14(2)3)13-18-20(22(31)27-17-7-5-6-8-17)28-32-21(18)15-9-11-16(12-10-15)23(24,25)26/h9-12,14,17H,4-8,13H2,1-3H3,(H,27,31). The fourth-order valence-corrected chi connectivity index (χ4v) is 3.93. The van der Waals surface area contributed by atoms with Gasteiger partial charge in [-0.1, -0.05) is 37.1 Å². The normalized spacial score (nSPS) is 14.7. The maximum absolute atomic E-state index is 13.0. The van der Waals surface area contributed by atoms with Crippen molar-refractivity contribution in [3.63, 3.8) is 0 Å². The first kappa shape index (κ1) is 23.8. The number of nitrogens with zero attached hydrogens (tertiary/aromatic N) is 2. The van der Waals surface area contributed by atoms with Crippen molar-refractivity contribution < 1.29 is 27.3 Å². The second-order valence-electron chi connectivity index (χ2n) is 8.34. The van der Waals surface area contributed by atoms with Gasteiger partial charge in [0.1, 0.15) is 0 Å². The van der Waals surface area contributed by atoms with Crippen LogP contribution in [0.15, 0.2) is 28.8 Å². The average Bonchev–Trinajstić information content (AvgIpc) is 3.40. The van der Waals surface area contributed by atoms with E-state index in [1.165, 1.54) is 12.1 Å². The molecule has 0 bridgehead atoms. The first-order chi connectivity index (χ1) is 15.1. The molecule has 32 heavy (non-hydrogen) atoms. The third-order valence-corrected chi connectivity index (χ3v) is 5.74. The van der Waals surface area contributed by atoms with Gasteiger partial charge in [0.05, 0.1) is 17.7 Å². The Morgan fingerprint density at radius 2 is 1.81 bits per heavy atom. The van der Waals surface area contributed by atoms with Gasteiger partial charge in [-0.3, -0.25) is 9.59 Å². The summed E-state index contributed by atoms with van der Waals surface area (Å²) in [6.07, 6.45) is -0.326. The van der Waals surface area contributed by atoms with Crippen molar-refractivity contribution >= 4 is 11.8 Å². The molecule has 9 heteroatoms. The Morgan fingerprint density at radius 1 is 1.19 bits per heavy atom. The van der Waals surface area contributed by atoms with Crippen molar-refractivity contribution in [3.05, 3.63) is 41.1 Å². The van der Waals surface area contributed by atoms with Gasteiger partial charge >= 0.3 is 6.18 Å². The number of halogens is 3. The van der Waals surface area contributed by atoms with Crippen LogP contribution in [-0.4, -0.2) is 34.0 Å². The summed E-state index contributed by atoms with van der Waals surface area (Å²) in [5.74, 6) is -0.326. The number of carbonyl (C=O) groups excluding carboxylic acids is 2. The van der Waals surface area contributed by atoms with E-state index in [4.69, 9.17) is 4.52 Å². The van der Waals surface area contributed by atoms with Gasteiger partial charge in [0, 0.05) is 24.1 Å². The van der Waals surface area contributed by atoms with Crippen LogP contribution in [0.2, 0.25) is 0 Å². The Labute approximate surface area is 185 Å². The predicted octanol–water partition coefficient (Wildman–Crippen LogP) is 5.18. The molecule has 6 nitrogen and oxygen atoms in total. The molecule has 1 fully saturated rings. The monoisotopic (exact) mass is 451 g/mol. The molecule has 1 aliphatic rings. The highest BCUT2D eigenvalue weighted by molar-refractivity contribution is 5.95. The lowest BCUT2D eigenvalue weighted by Crippen LogP contribution is -2.37. The van der Waals surface area contributed by atoms with Crippen LogP contribution in [0, 0.1) is 0 Å². The molecule has 174 valence electrons. The third kappa shape index (κ3) is 5.31. The van der Waals surface area contributed by atoms with Gasteiger partial charge in [-0.25, -0.2) is 0 Å². The zero-order valence-electron chi connectivity index (χ0n) is 18.5. The topological polar surface area (TPSA) is 75.4 Å². The third-order valence-electron chi connectivity index (χ3n) is 5.74. The minimum absolute atomic E-state index is 0.0556. The highest BCUT2D eigenvalue weighted by Crippen LogP contribution is 2.33. The zero-order chi connectivity index (χ0) is 23.5. The Balaban J connectivity index is 1.99. The molecule has 2 aromatic rings. The van der Waals surface area contributed by atoms with E-state index in [0.29, 0.717) is 11.1 Å². The Kier molecular flexibility index (Phi) is 7.26. The van der Waals surface area contributed by atoms with Crippen LogP contribution in [0.25, 0.3) is 11.3 Å². The Bertz CT molecular complexity index is 946. The lowest BCUT2D eigenvalue weighted by Gasteiger charge is -2.26. The number of nitrogens with one attached hydrogen (secondary N) is 1. The number of benzene rings is 1. The summed E-state index contributed by atoms with van der Waals surface area (Å²) in [6, 6.07) is 4.39. The highest BCUT2D eigenvalue weighted by Gasteiger charge is 2.32. The number of hydrogen-bond acceptors (Lipinski definition) is 4. The van der Waals surface area contributed by atoms with Gasteiger partial charge in [-0.15, -0.1) is 0 Å². The number of aromatic nitrogens is 1. The molecule has 1 heterocycles. The molecule has 0 radical (unpaired) electrons. The van der Waals surface area contributed by atoms with E-state index < -0.39 is 17.6 Å². The molecular formula is C23H28F3N3O3. The van der Waals surface area contributed by atoms with E-state index in [2.05, 4.69) is 10.5 Å². The van der Waals surface area contributed by atoms with E-state index in [0.717, 1.165) is 37.8 Å². The van der Waals surface area contributed by atoms with Crippen LogP contribution in [0.4, 0.5) is 13.2 Å². The summed E-state index contributed by atoms with van der Waals surface area (Å²) in [4.78, 5) is 27.1. The minimum Gasteiger partial charge on any atom is -0.355 e. The van der Waals surface area contributed by atoms with E-state index in [1.54, 1.807) is 11.8 Å². The molecule has 0 spiro atoms. The number of rotatable bonds is 7. The number of hydrogen-bond donors (Lipinski definition) is 1. The predicted molar refractivity (Wildman–Crippen MR) is 113 cm³/mol. The van der Waals surface area contributed by atoms with Crippen molar-refractivity contribution in [1.82, 2.24) is 15.4 Å². The largest absolute Gasteiger partial charge is 0.416 e. The SMILES string of the molecule is CCC(=O)N(Cc1c(C(=O)NC2CCCC2)noc1-c1ccc(C(F)(F)F)cc1)C(C)C. The van der Waals surface area contributed by atoms with Crippen molar-refractivity contribution in [3.8, 4) is 11.3 Å². The number of carbonyl (C=O) groups is 2. The van der Waals surface area contributed by atoms with Crippen LogP contribution in [0.1, 0.15) is 74.5 Å². The quantitative estimate of drug-likeness (QED) is 0.629. The van der Waals surface area contributed by atoms with Crippen LogP contribution in [0.5, 0.6) is 0 Å². The fraction of sp³-hybridized carbons (Fsp3) is 0.522. The van der Waals surface area contributed by atoms with Crippen LogP contribution in [0.3, 0.4) is 0 Å². The van der Waals surface area contributed by atoms with E-state index in [-0.39, 0.29) is 42.4 Å². The fourth-order valence-electron chi connectivity index (χ4n) is 3.93. The molecule has 1 aromatic carbocycles.